The molecule has 5 atom stereocenters. The molecular formula is C43H77N2O7P. The van der Waals surface area contributed by atoms with Gasteiger partial charge in [-0.15, -0.1) is 0 Å². The fraction of sp³-hybridized carbons (Fsp3) is 0.744. The highest BCUT2D eigenvalue weighted by molar-refractivity contribution is 7.45. The Morgan fingerprint density at radius 3 is 1.96 bits per heavy atom. The van der Waals surface area contributed by atoms with Crippen molar-refractivity contribution in [3.8, 4) is 0 Å². The van der Waals surface area contributed by atoms with Crippen LogP contribution in [0.5, 0.6) is 0 Å². The van der Waals surface area contributed by atoms with E-state index in [1.54, 1.807) is 6.08 Å². The number of phosphoric acid groups is 1. The minimum atomic E-state index is -4.61. The van der Waals surface area contributed by atoms with Crippen molar-refractivity contribution >= 4 is 13.7 Å². The number of epoxide rings is 1. The highest BCUT2D eigenvalue weighted by Crippen LogP contribution is 2.38. The second kappa shape index (κ2) is 31.4. The maximum absolute atomic E-state index is 12.8. The molecule has 0 spiro atoms. The maximum Gasteiger partial charge on any atom is 0.268 e. The maximum atomic E-state index is 12.8. The van der Waals surface area contributed by atoms with E-state index < -0.39 is 26.6 Å². The van der Waals surface area contributed by atoms with Gasteiger partial charge in [-0.1, -0.05) is 120 Å². The first kappa shape index (κ1) is 49.2. The zero-order valence-electron chi connectivity index (χ0n) is 34.1. The van der Waals surface area contributed by atoms with Crippen LogP contribution < -0.4 is 10.2 Å². The normalized spacial score (nSPS) is 18.9. The van der Waals surface area contributed by atoms with Crippen LogP contribution in [-0.4, -0.2) is 80.8 Å². The summed E-state index contributed by atoms with van der Waals surface area (Å²) in [5, 5.41) is 13.7. The molecule has 1 heterocycles. The summed E-state index contributed by atoms with van der Waals surface area (Å²) in [6.07, 6.45) is 41.5. The van der Waals surface area contributed by atoms with E-state index in [9.17, 15) is 19.4 Å². The molecule has 2 N–H and O–H groups in total. The lowest BCUT2D eigenvalue weighted by Crippen LogP contribution is -2.45. The van der Waals surface area contributed by atoms with Gasteiger partial charge in [0.1, 0.15) is 13.2 Å². The Bertz CT molecular complexity index is 1110. The average Bonchev–Trinajstić information content (AvgIpc) is 3.86. The molecule has 3 unspecified atom stereocenters. The van der Waals surface area contributed by atoms with Crippen LogP contribution in [0.2, 0.25) is 0 Å². The number of nitrogens with zero attached hydrogens (tertiary/aromatic N) is 1. The molecule has 0 aromatic rings. The molecule has 1 aliphatic heterocycles. The van der Waals surface area contributed by atoms with Crippen LogP contribution in [0, 0.1) is 0 Å². The minimum Gasteiger partial charge on any atom is -0.756 e. The fourth-order valence-corrected chi connectivity index (χ4v) is 6.32. The number of unbranched alkanes of at least 4 members (excludes halogenated alkanes) is 12. The van der Waals surface area contributed by atoms with Crippen LogP contribution in [0.1, 0.15) is 142 Å². The lowest BCUT2D eigenvalue weighted by molar-refractivity contribution is -0.870. The second-order valence-corrected chi connectivity index (χ2v) is 16.8. The first-order valence-corrected chi connectivity index (χ1v) is 22.2. The Kier molecular flexibility index (Phi) is 29.1. The number of hydrogen-bond donors (Lipinski definition) is 2. The van der Waals surface area contributed by atoms with Crippen LogP contribution in [0.15, 0.2) is 60.8 Å². The third-order valence-electron chi connectivity index (χ3n) is 9.07. The summed E-state index contributed by atoms with van der Waals surface area (Å²) in [5.74, 6) is -0.264. The van der Waals surface area contributed by atoms with Crippen molar-refractivity contribution in [2.45, 2.75) is 167 Å². The summed E-state index contributed by atoms with van der Waals surface area (Å²) < 4.78 is 28.9. The quantitative estimate of drug-likeness (QED) is 0.0217. The van der Waals surface area contributed by atoms with Crippen molar-refractivity contribution in [2.75, 3.05) is 40.9 Å². The van der Waals surface area contributed by atoms with Crippen molar-refractivity contribution in [3.63, 3.8) is 0 Å². The zero-order chi connectivity index (χ0) is 39.0. The summed E-state index contributed by atoms with van der Waals surface area (Å²) in [7, 11) is 1.20. The van der Waals surface area contributed by atoms with Crippen molar-refractivity contribution < 1.29 is 37.6 Å². The molecule has 306 valence electrons. The third-order valence-corrected chi connectivity index (χ3v) is 10.0. The number of nitrogens with one attached hydrogen (secondary N) is 1. The Labute approximate surface area is 324 Å². The van der Waals surface area contributed by atoms with Crippen molar-refractivity contribution in [3.05, 3.63) is 60.8 Å². The lowest BCUT2D eigenvalue weighted by atomic mass is 10.1. The standard InChI is InChI=1S/C43H77N2O7P/c1-6-8-10-12-14-16-17-18-19-21-22-24-28-32-40(46)39(38-51-53(48,49)50-37-36-45(3,4)5)44-43(47)35-31-27-26-30-34-42-41(52-42)33-29-25-23-20-15-13-11-9-7-2/h10,12,15,20,25-26,28-30,32,39-42,46H,6-9,11,13-14,16-19,21-24,27,31,33-38H2,1-5H3,(H-,44,47,48,49)/b12-10-,20-15-,29-25-,30-26-,32-28+/t39-,40+,41?,42?/m0/s1. The zero-order valence-corrected chi connectivity index (χ0v) is 35.0. The van der Waals surface area contributed by atoms with E-state index >= 15 is 0 Å². The van der Waals surface area contributed by atoms with Gasteiger partial charge in [0.25, 0.3) is 7.82 Å². The van der Waals surface area contributed by atoms with Crippen molar-refractivity contribution in [1.82, 2.24) is 5.32 Å². The average molecular weight is 765 g/mol. The molecule has 10 heteroatoms. The summed E-state index contributed by atoms with van der Waals surface area (Å²) in [6.45, 7) is 4.47. The number of hydrogen-bond acceptors (Lipinski definition) is 7. The number of aliphatic hydroxyl groups is 1. The second-order valence-electron chi connectivity index (χ2n) is 15.4. The summed E-state index contributed by atoms with van der Waals surface area (Å²) >= 11 is 0. The van der Waals surface area contributed by atoms with E-state index in [4.69, 9.17) is 13.8 Å². The van der Waals surface area contributed by atoms with Crippen LogP contribution in [-0.2, 0) is 23.1 Å². The van der Waals surface area contributed by atoms with Crippen molar-refractivity contribution in [1.29, 1.82) is 0 Å². The number of carbonyl (C=O) groups is 1. The van der Waals surface area contributed by atoms with Gasteiger partial charge in [-0.25, -0.2) is 0 Å². The Hall–Kier alpha value is -1.84. The largest absolute Gasteiger partial charge is 0.756 e. The predicted octanol–water partition coefficient (Wildman–Crippen LogP) is 9.43. The van der Waals surface area contributed by atoms with Gasteiger partial charge in [0, 0.05) is 6.42 Å². The molecule has 1 aliphatic rings. The number of carbonyl (C=O) groups excluding carboxylic acids is 1. The minimum absolute atomic E-state index is 0.0189. The Morgan fingerprint density at radius 1 is 0.755 bits per heavy atom. The monoisotopic (exact) mass is 765 g/mol. The highest BCUT2D eigenvalue weighted by atomic mass is 31.2. The van der Waals surface area contributed by atoms with Crippen molar-refractivity contribution in [2.24, 2.45) is 0 Å². The molecule has 1 amide bonds. The topological polar surface area (TPSA) is 120 Å². The van der Waals surface area contributed by atoms with Crippen LogP contribution in [0.25, 0.3) is 0 Å². The Morgan fingerprint density at radius 2 is 1.30 bits per heavy atom. The number of aliphatic hydroxyl groups excluding tert-OH is 1. The molecule has 53 heavy (non-hydrogen) atoms. The number of amides is 1. The molecule has 1 rings (SSSR count). The van der Waals surface area contributed by atoms with Gasteiger partial charge in [0.15, 0.2) is 0 Å². The molecule has 0 radical (unpaired) electrons. The lowest BCUT2D eigenvalue weighted by Gasteiger charge is -2.29. The van der Waals surface area contributed by atoms with Gasteiger partial charge < -0.3 is 33.6 Å². The van der Waals surface area contributed by atoms with Crippen LogP contribution >= 0.6 is 7.82 Å². The molecule has 1 saturated heterocycles. The van der Waals surface area contributed by atoms with E-state index in [1.165, 1.54) is 64.2 Å². The first-order chi connectivity index (χ1) is 25.5. The van der Waals surface area contributed by atoms with E-state index in [2.05, 4.69) is 67.8 Å². The highest BCUT2D eigenvalue weighted by Gasteiger charge is 2.36. The van der Waals surface area contributed by atoms with E-state index in [1.807, 2.05) is 27.2 Å². The molecule has 0 aromatic carbocycles. The number of allylic oxidation sites excluding steroid dienone is 7. The molecule has 0 aromatic heterocycles. The summed E-state index contributed by atoms with van der Waals surface area (Å²) in [4.78, 5) is 25.3. The fourth-order valence-electron chi connectivity index (χ4n) is 5.60. The van der Waals surface area contributed by atoms with Crippen LogP contribution in [0.3, 0.4) is 0 Å². The summed E-state index contributed by atoms with van der Waals surface area (Å²) in [6, 6.07) is -0.926. The third kappa shape index (κ3) is 31.1. The number of phosphoric ester groups is 1. The van der Waals surface area contributed by atoms with Gasteiger partial charge >= 0.3 is 0 Å². The first-order valence-electron chi connectivity index (χ1n) is 20.8. The molecule has 9 nitrogen and oxygen atoms in total. The number of rotatable bonds is 35. The number of likely N-dealkylation sites (N-methyl/N-ethyl adjacent to an activating group) is 1. The summed E-state index contributed by atoms with van der Waals surface area (Å²) in [5.41, 5.74) is 0. The van der Waals surface area contributed by atoms with Gasteiger partial charge in [-0.3, -0.25) is 9.36 Å². The molecule has 0 saturated carbocycles. The van der Waals surface area contributed by atoms with E-state index in [0.29, 0.717) is 23.6 Å². The number of quaternary nitrogens is 1. The van der Waals surface area contributed by atoms with E-state index in [0.717, 1.165) is 51.4 Å². The molecular weight excluding hydrogens is 687 g/mol. The van der Waals surface area contributed by atoms with E-state index in [-0.39, 0.29) is 25.0 Å². The SMILES string of the molecule is CCC/C=C\CCCCCCCC/C=C/[C@@H](O)[C@H](COP(=O)([O-])OCC[N+](C)(C)C)NC(=O)CCC/C=C\CC1OC1C/C=C\C/C=C\CCCCC. The molecule has 0 bridgehead atoms. The smallest absolute Gasteiger partial charge is 0.268 e. The van der Waals surface area contributed by atoms with Gasteiger partial charge in [-0.2, -0.15) is 0 Å². The molecule has 0 aliphatic carbocycles. The predicted molar refractivity (Wildman–Crippen MR) is 218 cm³/mol. The van der Waals surface area contributed by atoms with Crippen LogP contribution in [0.4, 0.5) is 0 Å². The van der Waals surface area contributed by atoms with Gasteiger partial charge in [0.2, 0.25) is 5.91 Å². The Balaban J connectivity index is 2.42. The van der Waals surface area contributed by atoms with Gasteiger partial charge in [0.05, 0.1) is 52.1 Å². The number of ether oxygens (including phenoxy) is 1. The van der Waals surface area contributed by atoms with Gasteiger partial charge in [-0.05, 0) is 77.0 Å². The molecule has 1 fully saturated rings.